The van der Waals surface area contributed by atoms with E-state index in [0.29, 0.717) is 38.0 Å². The summed E-state index contributed by atoms with van der Waals surface area (Å²) in [6.07, 6.45) is 0. The zero-order valence-corrected chi connectivity index (χ0v) is 18.3. The van der Waals surface area contributed by atoms with Gasteiger partial charge < -0.3 is 23.7 Å². The summed E-state index contributed by atoms with van der Waals surface area (Å²) in [6.45, 7) is 1.60. The minimum atomic E-state index is -0.598. The van der Waals surface area contributed by atoms with E-state index in [1.807, 2.05) is 6.07 Å². The smallest absolute Gasteiger partial charge is 0.350 e. The molecule has 0 aliphatic carbocycles. The highest BCUT2D eigenvalue weighted by Gasteiger charge is 2.19. The SMILES string of the molecule is COc1ccc(-c2nc(C)c(C(=O)OCc3cc(=O)oc4cc(O)ccc34)s2)cc1OC. The number of carbonyl (C=O) groups excluding carboxylic acids is 1. The lowest BCUT2D eigenvalue weighted by Gasteiger charge is -2.08. The van der Waals surface area contributed by atoms with Crippen molar-refractivity contribution in [2.75, 3.05) is 14.2 Å². The molecule has 0 amide bonds. The Balaban J connectivity index is 1.57. The first-order valence-corrected chi connectivity index (χ1v) is 10.3. The van der Waals surface area contributed by atoms with Crippen LogP contribution in [0.25, 0.3) is 21.5 Å². The molecule has 1 N–H and O–H groups in total. The third-order valence-corrected chi connectivity index (χ3v) is 5.97. The summed E-state index contributed by atoms with van der Waals surface area (Å²) < 4.78 is 21.1. The molecule has 0 atom stereocenters. The van der Waals surface area contributed by atoms with Crippen molar-refractivity contribution >= 4 is 28.3 Å². The Labute approximate surface area is 186 Å². The summed E-state index contributed by atoms with van der Waals surface area (Å²) in [7, 11) is 3.11. The van der Waals surface area contributed by atoms with Crippen molar-refractivity contribution in [2.45, 2.75) is 13.5 Å². The quantitative estimate of drug-likeness (QED) is 0.340. The highest BCUT2D eigenvalue weighted by atomic mass is 32.1. The van der Waals surface area contributed by atoms with Gasteiger partial charge in [0.1, 0.15) is 27.8 Å². The predicted octanol–water partition coefficient (Wildman–Crippen LogP) is 4.30. The molecule has 9 heteroatoms. The summed E-state index contributed by atoms with van der Waals surface area (Å²) in [5, 5.41) is 10.8. The molecule has 2 aromatic heterocycles. The third kappa shape index (κ3) is 4.15. The number of hydrogen-bond acceptors (Lipinski definition) is 9. The number of aryl methyl sites for hydroxylation is 1. The summed E-state index contributed by atoms with van der Waals surface area (Å²) >= 11 is 1.20. The maximum Gasteiger partial charge on any atom is 0.350 e. The molecule has 0 spiro atoms. The van der Waals surface area contributed by atoms with Crippen molar-refractivity contribution in [2.24, 2.45) is 0 Å². The Hall–Kier alpha value is -3.85. The van der Waals surface area contributed by atoms with Crippen LogP contribution < -0.4 is 15.1 Å². The highest BCUT2D eigenvalue weighted by Crippen LogP contribution is 2.35. The molecule has 0 aliphatic heterocycles. The van der Waals surface area contributed by atoms with Gasteiger partial charge >= 0.3 is 11.6 Å². The standard InChI is InChI=1S/C23H19NO7S/c1-12-21(32-22(24-12)13-4-7-17(28-2)19(8-13)29-3)23(27)30-11-14-9-20(26)31-18-10-15(25)5-6-16(14)18/h4-10,25H,11H2,1-3H3. The minimum Gasteiger partial charge on any atom is -0.508 e. The number of phenols is 1. The van der Waals surface area contributed by atoms with Gasteiger partial charge in [0.2, 0.25) is 0 Å². The number of ether oxygens (including phenoxy) is 3. The number of rotatable bonds is 6. The van der Waals surface area contributed by atoms with Crippen LogP contribution in [0.2, 0.25) is 0 Å². The van der Waals surface area contributed by atoms with Gasteiger partial charge in [-0.15, -0.1) is 11.3 Å². The van der Waals surface area contributed by atoms with Crippen LogP contribution in [-0.2, 0) is 11.3 Å². The number of hydrogen-bond donors (Lipinski definition) is 1. The first-order chi connectivity index (χ1) is 15.4. The van der Waals surface area contributed by atoms with Crippen LogP contribution in [0.5, 0.6) is 17.2 Å². The largest absolute Gasteiger partial charge is 0.508 e. The van der Waals surface area contributed by atoms with Crippen LogP contribution in [0.15, 0.2) is 51.7 Å². The number of esters is 1. The van der Waals surface area contributed by atoms with Crippen LogP contribution in [0.1, 0.15) is 20.9 Å². The monoisotopic (exact) mass is 453 g/mol. The van der Waals surface area contributed by atoms with Gasteiger partial charge in [0.25, 0.3) is 0 Å². The van der Waals surface area contributed by atoms with E-state index in [9.17, 15) is 14.7 Å². The van der Waals surface area contributed by atoms with E-state index in [0.717, 1.165) is 5.56 Å². The fourth-order valence-corrected chi connectivity index (χ4v) is 4.18. The van der Waals surface area contributed by atoms with Crippen LogP contribution in [0.3, 0.4) is 0 Å². The molecule has 0 saturated heterocycles. The van der Waals surface area contributed by atoms with E-state index in [4.69, 9.17) is 18.6 Å². The Morgan fingerprint density at radius 1 is 1.09 bits per heavy atom. The molecule has 0 saturated carbocycles. The number of carbonyl (C=O) groups is 1. The van der Waals surface area contributed by atoms with Gasteiger partial charge in [0.15, 0.2) is 11.5 Å². The number of phenolic OH excluding ortho intramolecular Hbond substituents is 1. The number of benzene rings is 2. The molecular formula is C23H19NO7S. The molecule has 0 aliphatic rings. The van der Waals surface area contributed by atoms with Gasteiger partial charge in [-0.3, -0.25) is 0 Å². The maximum absolute atomic E-state index is 12.7. The fourth-order valence-electron chi connectivity index (χ4n) is 3.23. The number of fused-ring (bicyclic) bond motifs is 1. The molecule has 8 nitrogen and oxygen atoms in total. The molecule has 32 heavy (non-hydrogen) atoms. The summed E-state index contributed by atoms with van der Waals surface area (Å²) in [4.78, 5) is 29.4. The molecule has 0 fully saturated rings. The van der Waals surface area contributed by atoms with Gasteiger partial charge in [-0.05, 0) is 37.3 Å². The fraction of sp³-hybridized carbons (Fsp3) is 0.174. The van der Waals surface area contributed by atoms with E-state index in [1.54, 1.807) is 39.3 Å². The predicted molar refractivity (Wildman–Crippen MR) is 119 cm³/mol. The minimum absolute atomic E-state index is 0.0298. The van der Waals surface area contributed by atoms with E-state index in [2.05, 4.69) is 4.98 Å². The van der Waals surface area contributed by atoms with Crippen molar-refractivity contribution < 1.29 is 28.5 Å². The normalized spacial score (nSPS) is 10.8. The molecular weight excluding hydrogens is 434 g/mol. The van der Waals surface area contributed by atoms with Crippen LogP contribution >= 0.6 is 11.3 Å². The van der Waals surface area contributed by atoms with Crippen molar-refractivity contribution in [3.05, 3.63) is 69.0 Å². The molecule has 164 valence electrons. The number of aromatic hydroxyl groups is 1. The zero-order chi connectivity index (χ0) is 22.8. The second-order valence-corrected chi connectivity index (χ2v) is 7.85. The molecule has 4 rings (SSSR count). The van der Waals surface area contributed by atoms with Crippen molar-refractivity contribution in [3.8, 4) is 27.8 Å². The molecule has 2 heterocycles. The lowest BCUT2D eigenvalue weighted by molar-refractivity contribution is 0.0478. The maximum atomic E-state index is 12.7. The van der Waals surface area contributed by atoms with E-state index in [-0.39, 0.29) is 17.9 Å². The lowest BCUT2D eigenvalue weighted by Crippen LogP contribution is -2.07. The number of methoxy groups -OCH3 is 2. The van der Waals surface area contributed by atoms with Crippen LogP contribution in [0.4, 0.5) is 0 Å². The second-order valence-electron chi connectivity index (χ2n) is 6.85. The first kappa shape index (κ1) is 21.4. The van der Waals surface area contributed by atoms with Crippen LogP contribution in [-0.4, -0.2) is 30.3 Å². The summed E-state index contributed by atoms with van der Waals surface area (Å²) in [5.41, 5.74) is 1.41. The zero-order valence-electron chi connectivity index (χ0n) is 17.5. The molecule has 0 radical (unpaired) electrons. The first-order valence-electron chi connectivity index (χ1n) is 9.52. The third-order valence-electron chi connectivity index (χ3n) is 4.79. The molecule has 2 aromatic carbocycles. The van der Waals surface area contributed by atoms with Crippen molar-refractivity contribution in [1.29, 1.82) is 0 Å². The number of thiazole rings is 1. The van der Waals surface area contributed by atoms with Gasteiger partial charge in [-0.25, -0.2) is 14.6 Å². The second kappa shape index (κ2) is 8.72. The van der Waals surface area contributed by atoms with Crippen molar-refractivity contribution in [1.82, 2.24) is 4.98 Å². The van der Waals surface area contributed by atoms with Gasteiger partial charge in [-0.1, -0.05) is 0 Å². The van der Waals surface area contributed by atoms with E-state index in [1.165, 1.54) is 29.5 Å². The highest BCUT2D eigenvalue weighted by molar-refractivity contribution is 7.17. The van der Waals surface area contributed by atoms with Crippen LogP contribution in [0, 0.1) is 6.92 Å². The van der Waals surface area contributed by atoms with E-state index < -0.39 is 11.6 Å². The van der Waals surface area contributed by atoms with Gasteiger partial charge in [0, 0.05) is 28.6 Å². The van der Waals surface area contributed by atoms with Gasteiger partial charge in [-0.2, -0.15) is 0 Å². The molecule has 0 bridgehead atoms. The Morgan fingerprint density at radius 3 is 2.62 bits per heavy atom. The average molecular weight is 453 g/mol. The number of nitrogens with zero attached hydrogens (tertiary/aromatic N) is 1. The summed E-state index contributed by atoms with van der Waals surface area (Å²) in [6, 6.07) is 11.1. The Kier molecular flexibility index (Phi) is 5.83. The molecule has 4 aromatic rings. The lowest BCUT2D eigenvalue weighted by atomic mass is 10.1. The Bertz CT molecular complexity index is 1370. The van der Waals surface area contributed by atoms with Crippen molar-refractivity contribution in [3.63, 3.8) is 0 Å². The summed E-state index contributed by atoms with van der Waals surface area (Å²) in [5.74, 6) is 0.574. The van der Waals surface area contributed by atoms with E-state index >= 15 is 0 Å². The average Bonchev–Trinajstić information content (AvgIpc) is 3.17. The molecule has 0 unspecified atom stereocenters. The van der Waals surface area contributed by atoms with Gasteiger partial charge in [0.05, 0.1) is 19.9 Å². The number of aromatic nitrogens is 1. The topological polar surface area (TPSA) is 108 Å². The Morgan fingerprint density at radius 2 is 1.88 bits per heavy atom.